The van der Waals surface area contributed by atoms with Gasteiger partial charge in [0.05, 0.1) is 24.9 Å². The van der Waals surface area contributed by atoms with Crippen molar-refractivity contribution in [3.05, 3.63) is 35.4 Å². The second-order valence-corrected chi connectivity index (χ2v) is 4.88. The van der Waals surface area contributed by atoms with Gasteiger partial charge in [-0.25, -0.2) is 0 Å². The molecule has 1 N–H and O–H groups in total. The van der Waals surface area contributed by atoms with Gasteiger partial charge < -0.3 is 9.84 Å². The average molecular weight is 289 g/mol. The molecule has 0 bridgehead atoms. The summed E-state index contributed by atoms with van der Waals surface area (Å²) in [5.74, 6) is 0. The molecular formula is C14H18F3NO2. The highest BCUT2D eigenvalue weighted by atomic mass is 19.4. The lowest BCUT2D eigenvalue weighted by atomic mass is 10.0. The molecule has 0 radical (unpaired) electrons. The van der Waals surface area contributed by atoms with Crippen molar-refractivity contribution in [1.29, 1.82) is 0 Å². The first-order valence-electron chi connectivity index (χ1n) is 6.62. The molecule has 20 heavy (non-hydrogen) atoms. The van der Waals surface area contributed by atoms with E-state index in [1.54, 1.807) is 0 Å². The number of aliphatic hydroxyl groups excluding tert-OH is 1. The molecule has 1 heterocycles. The van der Waals surface area contributed by atoms with Crippen molar-refractivity contribution in [3.63, 3.8) is 0 Å². The van der Waals surface area contributed by atoms with E-state index in [2.05, 4.69) is 4.90 Å². The Kier molecular flexibility index (Phi) is 5.01. The first-order chi connectivity index (χ1) is 9.47. The number of rotatable bonds is 4. The lowest BCUT2D eigenvalue weighted by Crippen LogP contribution is -2.37. The third-order valence-electron chi connectivity index (χ3n) is 3.42. The Hall–Kier alpha value is -1.11. The van der Waals surface area contributed by atoms with E-state index in [-0.39, 0.29) is 0 Å². The van der Waals surface area contributed by atoms with Crippen molar-refractivity contribution in [2.24, 2.45) is 0 Å². The molecule has 1 atom stereocenters. The average Bonchev–Trinajstić information content (AvgIpc) is 2.45. The smallest absolute Gasteiger partial charge is 0.388 e. The molecule has 0 spiro atoms. The van der Waals surface area contributed by atoms with Crippen molar-refractivity contribution in [2.75, 3.05) is 32.8 Å². The van der Waals surface area contributed by atoms with Crippen molar-refractivity contribution in [1.82, 2.24) is 4.90 Å². The molecule has 6 heteroatoms. The Bertz CT molecular complexity index is 431. The van der Waals surface area contributed by atoms with Crippen LogP contribution in [0.25, 0.3) is 0 Å². The maximum absolute atomic E-state index is 12.6. The summed E-state index contributed by atoms with van der Waals surface area (Å²) in [6.45, 7) is 3.59. The van der Waals surface area contributed by atoms with Crippen LogP contribution in [0.15, 0.2) is 24.3 Å². The number of nitrogens with zero attached hydrogens (tertiary/aromatic N) is 1. The number of alkyl halides is 3. The van der Waals surface area contributed by atoms with Crippen molar-refractivity contribution in [3.8, 4) is 0 Å². The normalized spacial score (nSPS) is 19.0. The third kappa shape index (κ3) is 4.19. The van der Waals surface area contributed by atoms with Crippen molar-refractivity contribution >= 4 is 0 Å². The van der Waals surface area contributed by atoms with Crippen LogP contribution in [0.2, 0.25) is 0 Å². The highest BCUT2D eigenvalue weighted by Crippen LogP contribution is 2.31. The molecule has 0 amide bonds. The standard InChI is InChI=1S/C14H18F3NO2/c15-14(16,17)12-3-1-2-11(10-12)13(19)4-5-18-6-8-20-9-7-18/h1-3,10,13,19H,4-9H2. The number of aliphatic hydroxyl groups is 1. The molecule has 112 valence electrons. The Labute approximate surface area is 116 Å². The van der Waals surface area contributed by atoms with E-state index in [9.17, 15) is 18.3 Å². The van der Waals surface area contributed by atoms with Crippen LogP contribution in [-0.4, -0.2) is 42.9 Å². The molecule has 1 aromatic carbocycles. The predicted molar refractivity (Wildman–Crippen MR) is 68.3 cm³/mol. The summed E-state index contributed by atoms with van der Waals surface area (Å²) in [5.41, 5.74) is -0.409. The first kappa shape index (κ1) is 15.3. The van der Waals surface area contributed by atoms with E-state index in [0.717, 1.165) is 25.2 Å². The molecule has 1 aliphatic rings. The zero-order chi connectivity index (χ0) is 14.6. The second kappa shape index (κ2) is 6.56. The molecule has 0 aliphatic carbocycles. The number of benzene rings is 1. The van der Waals surface area contributed by atoms with Crippen LogP contribution in [-0.2, 0) is 10.9 Å². The van der Waals surface area contributed by atoms with Gasteiger partial charge in [-0.15, -0.1) is 0 Å². The van der Waals surface area contributed by atoms with Crippen LogP contribution in [0.4, 0.5) is 13.2 Å². The Morgan fingerprint density at radius 1 is 1.25 bits per heavy atom. The van der Waals surface area contributed by atoms with Crippen LogP contribution >= 0.6 is 0 Å². The van der Waals surface area contributed by atoms with Crippen LogP contribution < -0.4 is 0 Å². The molecule has 3 nitrogen and oxygen atoms in total. The SMILES string of the molecule is OC(CCN1CCOCC1)c1cccc(C(F)(F)F)c1. The molecular weight excluding hydrogens is 271 g/mol. The summed E-state index contributed by atoms with van der Waals surface area (Å²) in [5, 5.41) is 10.0. The summed E-state index contributed by atoms with van der Waals surface area (Å²) >= 11 is 0. The summed E-state index contributed by atoms with van der Waals surface area (Å²) in [6.07, 6.45) is -4.83. The fourth-order valence-electron chi connectivity index (χ4n) is 2.22. The quantitative estimate of drug-likeness (QED) is 0.924. The molecule has 0 aromatic heterocycles. The third-order valence-corrected chi connectivity index (χ3v) is 3.42. The fraction of sp³-hybridized carbons (Fsp3) is 0.571. The number of hydrogen-bond acceptors (Lipinski definition) is 3. The monoisotopic (exact) mass is 289 g/mol. The fourth-order valence-corrected chi connectivity index (χ4v) is 2.22. The Morgan fingerprint density at radius 3 is 2.60 bits per heavy atom. The van der Waals surface area contributed by atoms with Gasteiger partial charge in [-0.2, -0.15) is 13.2 Å². The van der Waals surface area contributed by atoms with Crippen LogP contribution in [0, 0.1) is 0 Å². The van der Waals surface area contributed by atoms with Gasteiger partial charge in [0.1, 0.15) is 0 Å². The van der Waals surface area contributed by atoms with Gasteiger partial charge in [-0.05, 0) is 24.1 Å². The number of halogens is 3. The number of morpholine rings is 1. The molecule has 1 fully saturated rings. The van der Waals surface area contributed by atoms with E-state index in [1.807, 2.05) is 0 Å². The molecule has 1 unspecified atom stereocenters. The Balaban J connectivity index is 1.93. The number of ether oxygens (including phenoxy) is 1. The first-order valence-corrected chi connectivity index (χ1v) is 6.62. The summed E-state index contributed by atoms with van der Waals surface area (Å²) in [4.78, 5) is 2.14. The van der Waals surface area contributed by atoms with Gasteiger partial charge in [0.15, 0.2) is 0 Å². The number of hydrogen-bond donors (Lipinski definition) is 1. The highest BCUT2D eigenvalue weighted by Gasteiger charge is 2.30. The van der Waals surface area contributed by atoms with E-state index in [0.29, 0.717) is 31.7 Å². The van der Waals surface area contributed by atoms with Gasteiger partial charge in [-0.3, -0.25) is 4.90 Å². The topological polar surface area (TPSA) is 32.7 Å². The lowest BCUT2D eigenvalue weighted by Gasteiger charge is -2.27. The molecule has 1 aromatic rings. The maximum Gasteiger partial charge on any atom is 0.416 e. The van der Waals surface area contributed by atoms with E-state index in [4.69, 9.17) is 4.74 Å². The molecule has 1 aliphatic heterocycles. The van der Waals surface area contributed by atoms with Crippen LogP contribution in [0.5, 0.6) is 0 Å². The minimum Gasteiger partial charge on any atom is -0.388 e. The van der Waals surface area contributed by atoms with E-state index >= 15 is 0 Å². The highest BCUT2D eigenvalue weighted by molar-refractivity contribution is 5.27. The van der Waals surface area contributed by atoms with Gasteiger partial charge >= 0.3 is 6.18 Å². The van der Waals surface area contributed by atoms with Gasteiger partial charge in [-0.1, -0.05) is 12.1 Å². The summed E-state index contributed by atoms with van der Waals surface area (Å²) in [7, 11) is 0. The van der Waals surface area contributed by atoms with Gasteiger partial charge in [0.2, 0.25) is 0 Å². The minimum absolute atomic E-state index is 0.313. The van der Waals surface area contributed by atoms with E-state index in [1.165, 1.54) is 12.1 Å². The van der Waals surface area contributed by atoms with Gasteiger partial charge in [0, 0.05) is 19.6 Å². The zero-order valence-corrected chi connectivity index (χ0v) is 11.1. The molecule has 1 saturated heterocycles. The predicted octanol–water partition coefficient (Wildman–Crippen LogP) is 2.46. The Morgan fingerprint density at radius 2 is 1.95 bits per heavy atom. The van der Waals surface area contributed by atoms with Crippen molar-refractivity contribution in [2.45, 2.75) is 18.7 Å². The molecule has 0 saturated carbocycles. The van der Waals surface area contributed by atoms with Crippen molar-refractivity contribution < 1.29 is 23.0 Å². The minimum atomic E-state index is -4.38. The molecule has 2 rings (SSSR count). The second-order valence-electron chi connectivity index (χ2n) is 4.88. The largest absolute Gasteiger partial charge is 0.416 e. The summed E-state index contributed by atoms with van der Waals surface area (Å²) < 4.78 is 43.0. The van der Waals surface area contributed by atoms with Crippen LogP contribution in [0.1, 0.15) is 23.7 Å². The maximum atomic E-state index is 12.6. The zero-order valence-electron chi connectivity index (χ0n) is 11.1. The van der Waals surface area contributed by atoms with Crippen LogP contribution in [0.3, 0.4) is 0 Å². The summed E-state index contributed by atoms with van der Waals surface area (Å²) in [6, 6.07) is 4.89. The lowest BCUT2D eigenvalue weighted by molar-refractivity contribution is -0.137. The van der Waals surface area contributed by atoms with E-state index < -0.39 is 17.8 Å². The van der Waals surface area contributed by atoms with Gasteiger partial charge in [0.25, 0.3) is 0 Å².